The molecule has 8 heteroatoms. The van der Waals surface area contributed by atoms with Crippen molar-refractivity contribution in [2.24, 2.45) is 7.05 Å². The van der Waals surface area contributed by atoms with Gasteiger partial charge in [-0.25, -0.2) is 4.39 Å². The van der Waals surface area contributed by atoms with Gasteiger partial charge >= 0.3 is 5.97 Å². The predicted octanol–water partition coefficient (Wildman–Crippen LogP) is 4.78. The molecule has 1 atom stereocenters. The van der Waals surface area contributed by atoms with Crippen molar-refractivity contribution >= 4 is 17.4 Å². The molecule has 1 heterocycles. The van der Waals surface area contributed by atoms with E-state index in [1.165, 1.54) is 16.7 Å². The lowest BCUT2D eigenvalue weighted by atomic mass is 9.94. The SMILES string of the molecule is C=CCOC(=O)C(c1ccc([N+](=O)[O-])cc1F)c1ccc(C(=O)c2ccc(C)cc2C)n1C. The average molecular weight is 450 g/mol. The molecular formula is C25H23FN2O5. The molecule has 170 valence electrons. The molecule has 0 amide bonds. The number of ether oxygens (including phenoxy) is 1. The van der Waals surface area contributed by atoms with Crippen molar-refractivity contribution in [1.29, 1.82) is 0 Å². The van der Waals surface area contributed by atoms with Gasteiger partial charge in [-0.2, -0.15) is 0 Å². The highest BCUT2D eigenvalue weighted by Crippen LogP contribution is 2.32. The van der Waals surface area contributed by atoms with Crippen LogP contribution < -0.4 is 0 Å². The van der Waals surface area contributed by atoms with Gasteiger partial charge in [-0.15, -0.1) is 0 Å². The van der Waals surface area contributed by atoms with E-state index >= 15 is 0 Å². The maximum atomic E-state index is 14.9. The van der Waals surface area contributed by atoms with Crippen LogP contribution in [0.4, 0.5) is 10.1 Å². The van der Waals surface area contributed by atoms with E-state index in [9.17, 15) is 24.1 Å². The maximum Gasteiger partial charge on any atom is 0.319 e. The fourth-order valence-corrected chi connectivity index (χ4v) is 3.75. The van der Waals surface area contributed by atoms with E-state index in [-0.39, 0.29) is 18.0 Å². The molecule has 2 aromatic carbocycles. The first kappa shape index (κ1) is 23.6. The second kappa shape index (κ2) is 9.60. The van der Waals surface area contributed by atoms with E-state index < -0.39 is 28.3 Å². The summed E-state index contributed by atoms with van der Waals surface area (Å²) in [7, 11) is 1.60. The number of nitro groups is 1. The van der Waals surface area contributed by atoms with Gasteiger partial charge in [0.15, 0.2) is 0 Å². The topological polar surface area (TPSA) is 91.4 Å². The molecule has 0 aliphatic carbocycles. The van der Waals surface area contributed by atoms with Crippen LogP contribution in [0.5, 0.6) is 0 Å². The van der Waals surface area contributed by atoms with Gasteiger partial charge in [0, 0.05) is 29.9 Å². The zero-order valence-electron chi connectivity index (χ0n) is 18.5. The molecule has 3 rings (SSSR count). The van der Waals surface area contributed by atoms with Gasteiger partial charge in [0.05, 0.1) is 16.7 Å². The average Bonchev–Trinajstić information content (AvgIpc) is 3.14. The Kier molecular flexibility index (Phi) is 6.86. The van der Waals surface area contributed by atoms with Gasteiger partial charge in [0.1, 0.15) is 18.3 Å². The van der Waals surface area contributed by atoms with Crippen LogP contribution in [0.3, 0.4) is 0 Å². The quantitative estimate of drug-likeness (QED) is 0.162. The largest absolute Gasteiger partial charge is 0.461 e. The minimum atomic E-state index is -1.24. The molecule has 33 heavy (non-hydrogen) atoms. The summed E-state index contributed by atoms with van der Waals surface area (Å²) in [6, 6.07) is 11.7. The summed E-state index contributed by atoms with van der Waals surface area (Å²) in [4.78, 5) is 36.4. The molecule has 0 aliphatic rings. The fraction of sp³-hybridized carbons (Fsp3) is 0.200. The second-order valence-corrected chi connectivity index (χ2v) is 7.66. The number of hydrogen-bond donors (Lipinski definition) is 0. The molecule has 0 saturated carbocycles. The lowest BCUT2D eigenvalue weighted by Gasteiger charge is -2.19. The van der Waals surface area contributed by atoms with E-state index in [2.05, 4.69) is 6.58 Å². The third kappa shape index (κ3) is 4.74. The van der Waals surface area contributed by atoms with Crippen LogP contribution in [0.25, 0.3) is 0 Å². The highest BCUT2D eigenvalue weighted by molar-refractivity contribution is 6.09. The number of hydrogen-bond acceptors (Lipinski definition) is 5. The van der Waals surface area contributed by atoms with E-state index in [0.717, 1.165) is 23.3 Å². The summed E-state index contributed by atoms with van der Waals surface area (Å²) in [5, 5.41) is 11.0. The highest BCUT2D eigenvalue weighted by atomic mass is 19.1. The van der Waals surface area contributed by atoms with Crippen molar-refractivity contribution in [3.8, 4) is 0 Å². The van der Waals surface area contributed by atoms with Crippen LogP contribution in [0.2, 0.25) is 0 Å². The molecule has 0 radical (unpaired) electrons. The van der Waals surface area contributed by atoms with E-state index in [4.69, 9.17) is 4.74 Å². The number of nitrogens with zero attached hydrogens (tertiary/aromatic N) is 2. The first-order valence-electron chi connectivity index (χ1n) is 10.1. The Morgan fingerprint density at radius 2 is 1.91 bits per heavy atom. The zero-order valence-corrected chi connectivity index (χ0v) is 18.5. The van der Waals surface area contributed by atoms with Crippen LogP contribution in [0.1, 0.15) is 44.4 Å². The number of non-ortho nitro benzene ring substituents is 1. The normalized spacial score (nSPS) is 11.6. The maximum absolute atomic E-state index is 14.9. The molecular weight excluding hydrogens is 427 g/mol. The third-order valence-corrected chi connectivity index (χ3v) is 5.40. The van der Waals surface area contributed by atoms with Crippen LogP contribution in [0, 0.1) is 29.8 Å². The molecule has 0 saturated heterocycles. The van der Waals surface area contributed by atoms with Gasteiger partial charge < -0.3 is 9.30 Å². The number of rotatable bonds is 8. The number of aryl methyl sites for hydroxylation is 2. The lowest BCUT2D eigenvalue weighted by Crippen LogP contribution is -2.22. The number of carbonyl (C=O) groups excluding carboxylic acids is 2. The second-order valence-electron chi connectivity index (χ2n) is 7.66. The van der Waals surface area contributed by atoms with Crippen molar-refractivity contribution in [2.45, 2.75) is 19.8 Å². The minimum absolute atomic E-state index is 0.0945. The Balaban J connectivity index is 2.10. The number of halogens is 1. The van der Waals surface area contributed by atoms with E-state index in [1.807, 2.05) is 26.0 Å². The smallest absolute Gasteiger partial charge is 0.319 e. The van der Waals surface area contributed by atoms with Gasteiger partial charge in [-0.3, -0.25) is 19.7 Å². The van der Waals surface area contributed by atoms with E-state index in [1.54, 1.807) is 25.2 Å². The van der Waals surface area contributed by atoms with Crippen LogP contribution in [-0.2, 0) is 16.6 Å². The Hall–Kier alpha value is -4.07. The molecule has 7 nitrogen and oxygen atoms in total. The van der Waals surface area contributed by atoms with Crippen molar-refractivity contribution in [2.75, 3.05) is 6.61 Å². The van der Waals surface area contributed by atoms with Gasteiger partial charge in [-0.1, -0.05) is 36.4 Å². The Bertz CT molecular complexity index is 1260. The number of carbonyl (C=O) groups is 2. The molecule has 0 fully saturated rings. The summed E-state index contributed by atoms with van der Waals surface area (Å²) in [5.74, 6) is -3.18. The standard InChI is InChI=1S/C25H23FN2O5/c1-5-12-33-25(30)23(19-9-7-17(28(31)32)14-20(19)26)21-10-11-22(27(21)4)24(29)18-8-6-15(2)13-16(18)3/h5-11,13-14,23H,1,12H2,2-4H3. The third-order valence-electron chi connectivity index (χ3n) is 5.40. The molecule has 3 aromatic rings. The monoisotopic (exact) mass is 450 g/mol. The molecule has 0 bridgehead atoms. The van der Waals surface area contributed by atoms with Crippen molar-refractivity contribution in [3.05, 3.63) is 111 Å². The number of esters is 1. The first-order valence-corrected chi connectivity index (χ1v) is 10.1. The molecule has 1 unspecified atom stereocenters. The summed E-state index contributed by atoms with van der Waals surface area (Å²) in [5.41, 5.74) is 2.43. The van der Waals surface area contributed by atoms with Crippen LogP contribution >= 0.6 is 0 Å². The minimum Gasteiger partial charge on any atom is -0.461 e. The Labute approximate surface area is 190 Å². The van der Waals surface area contributed by atoms with Crippen molar-refractivity contribution in [1.82, 2.24) is 4.57 Å². The summed E-state index contributed by atoms with van der Waals surface area (Å²) < 4.78 is 21.6. The first-order chi connectivity index (χ1) is 15.6. The summed E-state index contributed by atoms with van der Waals surface area (Å²) in [6.07, 6.45) is 1.38. The summed E-state index contributed by atoms with van der Waals surface area (Å²) in [6.45, 7) is 7.18. The van der Waals surface area contributed by atoms with Crippen LogP contribution in [-0.4, -0.2) is 27.8 Å². The molecule has 0 aliphatic heterocycles. The zero-order chi connectivity index (χ0) is 24.3. The molecule has 0 spiro atoms. The Morgan fingerprint density at radius 3 is 2.52 bits per heavy atom. The lowest BCUT2D eigenvalue weighted by molar-refractivity contribution is -0.385. The van der Waals surface area contributed by atoms with Crippen molar-refractivity contribution in [3.63, 3.8) is 0 Å². The van der Waals surface area contributed by atoms with Gasteiger partial charge in [0.25, 0.3) is 5.69 Å². The Morgan fingerprint density at radius 1 is 1.18 bits per heavy atom. The van der Waals surface area contributed by atoms with Gasteiger partial charge in [-0.05, 0) is 37.6 Å². The van der Waals surface area contributed by atoms with Crippen LogP contribution in [0.15, 0.2) is 61.2 Å². The summed E-state index contributed by atoms with van der Waals surface area (Å²) >= 11 is 0. The predicted molar refractivity (Wildman–Crippen MR) is 121 cm³/mol. The number of nitro benzene ring substituents is 1. The van der Waals surface area contributed by atoms with Crippen molar-refractivity contribution < 1.29 is 23.6 Å². The number of benzene rings is 2. The van der Waals surface area contributed by atoms with Gasteiger partial charge in [0.2, 0.25) is 5.78 Å². The highest BCUT2D eigenvalue weighted by Gasteiger charge is 2.31. The molecule has 0 N–H and O–H groups in total. The van der Waals surface area contributed by atoms with E-state index in [0.29, 0.717) is 17.0 Å². The number of aromatic nitrogens is 1. The number of ketones is 1. The molecule has 1 aromatic heterocycles. The fourth-order valence-electron chi connectivity index (χ4n) is 3.75.